The SMILES string of the molecule is COc1ccc(C(CCC(=O)O)C(=O)O)cc1OC. The Hall–Kier alpha value is -2.24. The van der Waals surface area contributed by atoms with Crippen LogP contribution in [0.4, 0.5) is 0 Å². The monoisotopic (exact) mass is 268 g/mol. The van der Waals surface area contributed by atoms with Gasteiger partial charge in [0.25, 0.3) is 0 Å². The smallest absolute Gasteiger partial charge is 0.310 e. The van der Waals surface area contributed by atoms with E-state index in [1.807, 2.05) is 0 Å². The molecule has 0 amide bonds. The largest absolute Gasteiger partial charge is 0.493 e. The molecule has 0 aliphatic heterocycles. The first-order valence-corrected chi connectivity index (χ1v) is 5.66. The second-order valence-electron chi connectivity index (χ2n) is 3.94. The van der Waals surface area contributed by atoms with Gasteiger partial charge in [0.2, 0.25) is 0 Å². The molecule has 6 heteroatoms. The van der Waals surface area contributed by atoms with Gasteiger partial charge in [0.15, 0.2) is 11.5 Å². The normalized spacial score (nSPS) is 11.7. The molecule has 6 nitrogen and oxygen atoms in total. The molecule has 1 rings (SSSR count). The van der Waals surface area contributed by atoms with Gasteiger partial charge in [-0.05, 0) is 24.1 Å². The highest BCUT2D eigenvalue weighted by Crippen LogP contribution is 2.32. The number of aliphatic carboxylic acids is 2. The van der Waals surface area contributed by atoms with E-state index in [4.69, 9.17) is 19.7 Å². The zero-order valence-electron chi connectivity index (χ0n) is 10.8. The van der Waals surface area contributed by atoms with Crippen LogP contribution in [0.25, 0.3) is 0 Å². The lowest BCUT2D eigenvalue weighted by molar-refractivity contribution is -0.140. The minimum absolute atomic E-state index is 0.0279. The predicted octanol–water partition coefficient (Wildman–Crippen LogP) is 1.74. The molecule has 0 aliphatic rings. The molecule has 0 heterocycles. The number of rotatable bonds is 7. The standard InChI is InChI=1S/C13H16O6/c1-18-10-5-3-8(7-11(10)19-2)9(13(16)17)4-6-12(14)15/h3,5,7,9H,4,6H2,1-2H3,(H,14,15)(H,16,17). The topological polar surface area (TPSA) is 93.1 Å². The molecule has 0 bridgehead atoms. The van der Waals surface area contributed by atoms with Gasteiger partial charge in [0.1, 0.15) is 0 Å². The van der Waals surface area contributed by atoms with Gasteiger partial charge in [0.05, 0.1) is 20.1 Å². The Morgan fingerprint density at radius 2 is 1.79 bits per heavy atom. The molecule has 0 saturated heterocycles. The van der Waals surface area contributed by atoms with Gasteiger partial charge in [-0.15, -0.1) is 0 Å². The third-order valence-electron chi connectivity index (χ3n) is 2.75. The third-order valence-corrected chi connectivity index (χ3v) is 2.75. The van der Waals surface area contributed by atoms with E-state index in [-0.39, 0.29) is 12.8 Å². The second-order valence-corrected chi connectivity index (χ2v) is 3.94. The van der Waals surface area contributed by atoms with Gasteiger partial charge in [0, 0.05) is 6.42 Å². The van der Waals surface area contributed by atoms with Crippen molar-refractivity contribution < 1.29 is 29.3 Å². The predicted molar refractivity (Wildman–Crippen MR) is 66.8 cm³/mol. The Kier molecular flexibility index (Phi) is 5.17. The van der Waals surface area contributed by atoms with Gasteiger partial charge >= 0.3 is 11.9 Å². The Bertz CT molecular complexity index is 468. The van der Waals surface area contributed by atoms with E-state index in [1.165, 1.54) is 14.2 Å². The zero-order valence-corrected chi connectivity index (χ0v) is 10.8. The van der Waals surface area contributed by atoms with Crippen molar-refractivity contribution in [3.63, 3.8) is 0 Å². The van der Waals surface area contributed by atoms with Crippen molar-refractivity contribution in [2.45, 2.75) is 18.8 Å². The number of benzene rings is 1. The molecule has 0 aromatic heterocycles. The summed E-state index contributed by atoms with van der Waals surface area (Å²) < 4.78 is 10.2. The van der Waals surface area contributed by atoms with Gasteiger partial charge in [-0.25, -0.2) is 0 Å². The van der Waals surface area contributed by atoms with Crippen LogP contribution in [0.1, 0.15) is 24.3 Å². The van der Waals surface area contributed by atoms with Crippen molar-refractivity contribution in [3.05, 3.63) is 23.8 Å². The molecule has 0 saturated carbocycles. The first-order valence-electron chi connectivity index (χ1n) is 5.66. The van der Waals surface area contributed by atoms with Crippen LogP contribution in [0, 0.1) is 0 Å². The minimum atomic E-state index is -1.06. The third kappa shape index (κ3) is 3.87. The summed E-state index contributed by atoms with van der Waals surface area (Å²) in [7, 11) is 2.94. The molecule has 0 radical (unpaired) electrons. The highest BCUT2D eigenvalue weighted by molar-refractivity contribution is 5.77. The average molecular weight is 268 g/mol. The van der Waals surface area contributed by atoms with E-state index >= 15 is 0 Å². The van der Waals surface area contributed by atoms with Crippen LogP contribution in [0.5, 0.6) is 11.5 Å². The highest BCUT2D eigenvalue weighted by atomic mass is 16.5. The Morgan fingerprint density at radius 3 is 2.26 bits per heavy atom. The summed E-state index contributed by atoms with van der Waals surface area (Å²) >= 11 is 0. The van der Waals surface area contributed by atoms with Crippen LogP contribution in [-0.4, -0.2) is 36.4 Å². The van der Waals surface area contributed by atoms with Crippen molar-refractivity contribution >= 4 is 11.9 Å². The van der Waals surface area contributed by atoms with Crippen molar-refractivity contribution in [2.24, 2.45) is 0 Å². The van der Waals surface area contributed by atoms with E-state index in [0.717, 1.165) is 0 Å². The van der Waals surface area contributed by atoms with E-state index in [0.29, 0.717) is 17.1 Å². The van der Waals surface area contributed by atoms with E-state index < -0.39 is 17.9 Å². The molecule has 2 N–H and O–H groups in total. The first kappa shape index (κ1) is 14.8. The molecule has 104 valence electrons. The average Bonchev–Trinajstić information content (AvgIpc) is 2.37. The van der Waals surface area contributed by atoms with E-state index in [1.54, 1.807) is 18.2 Å². The Labute approximate surface area is 110 Å². The van der Waals surface area contributed by atoms with Gasteiger partial charge < -0.3 is 19.7 Å². The lowest BCUT2D eigenvalue weighted by Crippen LogP contribution is -2.13. The highest BCUT2D eigenvalue weighted by Gasteiger charge is 2.22. The first-order chi connectivity index (χ1) is 8.99. The molecule has 19 heavy (non-hydrogen) atoms. The number of carboxylic acid groups (broad SMARTS) is 2. The summed E-state index contributed by atoms with van der Waals surface area (Å²) in [4.78, 5) is 21.7. The summed E-state index contributed by atoms with van der Waals surface area (Å²) in [6.45, 7) is 0. The van der Waals surface area contributed by atoms with Crippen molar-refractivity contribution in [1.82, 2.24) is 0 Å². The number of hydrogen-bond acceptors (Lipinski definition) is 4. The Balaban J connectivity index is 3.02. The van der Waals surface area contributed by atoms with Crippen LogP contribution in [0.15, 0.2) is 18.2 Å². The molecule has 1 aromatic carbocycles. The molecule has 1 atom stereocenters. The van der Waals surface area contributed by atoms with Gasteiger partial charge in [-0.1, -0.05) is 6.07 Å². The van der Waals surface area contributed by atoms with Crippen molar-refractivity contribution in [1.29, 1.82) is 0 Å². The summed E-state index contributed by atoms with van der Waals surface area (Å²) in [6.07, 6.45) is -0.175. The van der Waals surface area contributed by atoms with E-state index in [2.05, 4.69) is 0 Å². The van der Waals surface area contributed by atoms with E-state index in [9.17, 15) is 9.59 Å². The molecular formula is C13H16O6. The summed E-state index contributed by atoms with van der Waals surface area (Å²) in [6, 6.07) is 4.76. The fraction of sp³-hybridized carbons (Fsp3) is 0.385. The number of ether oxygens (including phenoxy) is 2. The maximum atomic E-state index is 11.2. The minimum Gasteiger partial charge on any atom is -0.493 e. The van der Waals surface area contributed by atoms with Crippen LogP contribution < -0.4 is 9.47 Å². The molecule has 1 unspecified atom stereocenters. The zero-order chi connectivity index (χ0) is 14.4. The fourth-order valence-electron chi connectivity index (χ4n) is 1.77. The number of hydrogen-bond donors (Lipinski definition) is 2. The van der Waals surface area contributed by atoms with Crippen LogP contribution in [0.2, 0.25) is 0 Å². The molecular weight excluding hydrogens is 252 g/mol. The second kappa shape index (κ2) is 6.63. The molecule has 1 aromatic rings. The lowest BCUT2D eigenvalue weighted by atomic mass is 9.94. The van der Waals surface area contributed by atoms with Crippen LogP contribution in [-0.2, 0) is 9.59 Å². The lowest BCUT2D eigenvalue weighted by Gasteiger charge is -2.14. The maximum Gasteiger partial charge on any atom is 0.310 e. The van der Waals surface area contributed by atoms with Crippen molar-refractivity contribution in [2.75, 3.05) is 14.2 Å². The summed E-state index contributed by atoms with van der Waals surface area (Å²) in [5, 5.41) is 17.8. The maximum absolute atomic E-state index is 11.2. The van der Waals surface area contributed by atoms with Crippen LogP contribution in [0.3, 0.4) is 0 Å². The van der Waals surface area contributed by atoms with Crippen molar-refractivity contribution in [3.8, 4) is 11.5 Å². The summed E-state index contributed by atoms with van der Waals surface area (Å²) in [5.41, 5.74) is 0.492. The number of methoxy groups -OCH3 is 2. The molecule has 0 aliphatic carbocycles. The van der Waals surface area contributed by atoms with Gasteiger partial charge in [-0.2, -0.15) is 0 Å². The number of carbonyl (C=O) groups is 2. The molecule has 0 fully saturated rings. The fourth-order valence-corrected chi connectivity index (χ4v) is 1.77. The van der Waals surface area contributed by atoms with Gasteiger partial charge in [-0.3, -0.25) is 9.59 Å². The van der Waals surface area contributed by atoms with Crippen LogP contribution >= 0.6 is 0 Å². The molecule has 0 spiro atoms. The summed E-state index contributed by atoms with van der Waals surface area (Å²) in [5.74, 6) is -2.05. The Morgan fingerprint density at radius 1 is 1.16 bits per heavy atom. The number of carboxylic acids is 2. The quantitative estimate of drug-likeness (QED) is 0.782.